The lowest BCUT2D eigenvalue weighted by molar-refractivity contribution is -0.124. The van der Waals surface area contributed by atoms with Crippen molar-refractivity contribution in [2.24, 2.45) is 0 Å². The summed E-state index contributed by atoms with van der Waals surface area (Å²) < 4.78 is 1.54. The second kappa shape index (κ2) is 9.82. The molecule has 0 saturated carbocycles. The molecule has 1 aromatic carbocycles. The van der Waals surface area contributed by atoms with Gasteiger partial charge in [0.2, 0.25) is 5.91 Å². The zero-order valence-corrected chi connectivity index (χ0v) is 19.0. The number of carbonyl (C=O) groups is 3. The van der Waals surface area contributed by atoms with Gasteiger partial charge in [0.1, 0.15) is 0 Å². The van der Waals surface area contributed by atoms with E-state index >= 15 is 0 Å². The molecule has 1 aliphatic rings. The smallest absolute Gasteiger partial charge is 0.307 e. The highest BCUT2D eigenvalue weighted by molar-refractivity contribution is 8.18. The largest absolute Gasteiger partial charge is 0.354 e. The summed E-state index contributed by atoms with van der Waals surface area (Å²) >= 11 is 13.9. The van der Waals surface area contributed by atoms with Crippen LogP contribution in [0, 0.1) is 6.92 Å². The molecule has 1 aliphatic heterocycles. The van der Waals surface area contributed by atoms with Gasteiger partial charge in [-0.25, -0.2) is 0 Å². The van der Waals surface area contributed by atoms with Crippen molar-refractivity contribution in [3.63, 3.8) is 0 Å². The summed E-state index contributed by atoms with van der Waals surface area (Å²) in [6, 6.07) is 4.87. The van der Waals surface area contributed by atoms with Gasteiger partial charge in [-0.1, -0.05) is 40.6 Å². The maximum atomic E-state index is 12.5. The van der Waals surface area contributed by atoms with E-state index in [-0.39, 0.29) is 41.7 Å². The number of aromatic nitrogens is 1. The maximum Gasteiger partial charge on any atom is 0.307 e. The van der Waals surface area contributed by atoms with Gasteiger partial charge in [0.05, 0.1) is 4.91 Å². The first-order chi connectivity index (χ1) is 14.3. The van der Waals surface area contributed by atoms with Crippen molar-refractivity contribution in [3.05, 3.63) is 59.5 Å². The molecule has 0 radical (unpaired) electrons. The molecule has 1 N–H and O–H groups in total. The third-order valence-electron chi connectivity index (χ3n) is 4.32. The second-order valence-corrected chi connectivity index (χ2v) is 9.05. The highest BCUT2D eigenvalue weighted by Gasteiger charge is 2.34. The van der Waals surface area contributed by atoms with Gasteiger partial charge in [0.15, 0.2) is 0 Å². The van der Waals surface area contributed by atoms with Crippen molar-refractivity contribution in [1.82, 2.24) is 14.8 Å². The molecule has 3 rings (SSSR count). The van der Waals surface area contributed by atoms with Crippen LogP contribution in [-0.2, 0) is 16.1 Å². The van der Waals surface area contributed by atoms with Gasteiger partial charge < -0.3 is 9.88 Å². The summed E-state index contributed by atoms with van der Waals surface area (Å²) in [6.07, 6.45) is 1.68. The molecule has 1 aromatic heterocycles. The number of hydrogen-bond acceptors (Lipinski definition) is 6. The Morgan fingerprint density at radius 3 is 2.63 bits per heavy atom. The number of thioether (sulfide) groups is 1. The summed E-state index contributed by atoms with van der Waals surface area (Å²) in [5.41, 5.74) is 1.39. The highest BCUT2D eigenvalue weighted by Crippen LogP contribution is 2.33. The molecule has 11 heteroatoms. The zero-order chi connectivity index (χ0) is 21.8. The van der Waals surface area contributed by atoms with Crippen molar-refractivity contribution in [2.75, 3.05) is 13.1 Å². The highest BCUT2D eigenvalue weighted by atomic mass is 35.5. The number of nitrogens with zero attached hydrogens (tertiary/aromatic N) is 2. The number of halogens is 2. The van der Waals surface area contributed by atoms with Crippen LogP contribution in [0.3, 0.4) is 0 Å². The Hall–Kier alpha value is -2.07. The van der Waals surface area contributed by atoms with Crippen LogP contribution in [-0.4, -0.2) is 39.6 Å². The van der Waals surface area contributed by atoms with Gasteiger partial charge in [-0.15, -0.1) is 0 Å². The molecule has 1 fully saturated rings. The van der Waals surface area contributed by atoms with Crippen LogP contribution >= 0.6 is 46.3 Å². The average molecular weight is 486 g/mol. The fourth-order valence-electron chi connectivity index (χ4n) is 2.74. The number of benzene rings is 1. The molecule has 0 unspecified atom stereocenters. The zero-order valence-electron chi connectivity index (χ0n) is 15.8. The van der Waals surface area contributed by atoms with Crippen molar-refractivity contribution in [2.45, 2.75) is 19.9 Å². The molecular formula is C19H17Cl2N3O4S2. The van der Waals surface area contributed by atoms with E-state index in [1.54, 1.807) is 36.6 Å². The van der Waals surface area contributed by atoms with E-state index in [2.05, 4.69) is 5.32 Å². The van der Waals surface area contributed by atoms with E-state index < -0.39 is 11.1 Å². The standard InChI is InChI=1S/C19H17Cl2N3O4S2/c1-11-10-29-18(27)23(11)6-4-16(25)22-5-7-24-17(26)15(30-19(24)28)8-12-2-3-13(20)9-14(12)21/h2-3,8-10H,4-7H2,1H3,(H,22,25)/b15-8-. The molecule has 2 aromatic rings. The van der Waals surface area contributed by atoms with Gasteiger partial charge >= 0.3 is 4.87 Å². The first-order valence-corrected chi connectivity index (χ1v) is 11.3. The van der Waals surface area contributed by atoms with E-state index in [9.17, 15) is 19.2 Å². The summed E-state index contributed by atoms with van der Waals surface area (Å²) in [6.45, 7) is 2.27. The summed E-state index contributed by atoms with van der Waals surface area (Å²) in [5, 5.41) is 4.85. The normalized spacial score (nSPS) is 15.3. The van der Waals surface area contributed by atoms with Crippen molar-refractivity contribution >= 4 is 69.4 Å². The molecule has 0 bridgehead atoms. The minimum atomic E-state index is -0.439. The molecule has 2 heterocycles. The number of imide groups is 1. The van der Waals surface area contributed by atoms with Crippen molar-refractivity contribution in [3.8, 4) is 0 Å². The maximum absolute atomic E-state index is 12.5. The van der Waals surface area contributed by atoms with Crippen LogP contribution in [0.25, 0.3) is 6.08 Å². The van der Waals surface area contributed by atoms with Crippen LogP contribution < -0.4 is 10.2 Å². The number of amides is 3. The van der Waals surface area contributed by atoms with Gasteiger partial charge in [-0.05, 0) is 42.5 Å². The third-order valence-corrected chi connectivity index (χ3v) is 6.67. The fraction of sp³-hybridized carbons (Fsp3) is 0.263. The van der Waals surface area contributed by atoms with E-state index in [0.29, 0.717) is 15.6 Å². The molecular weight excluding hydrogens is 469 g/mol. The lowest BCUT2D eigenvalue weighted by Crippen LogP contribution is -2.37. The Morgan fingerprint density at radius 2 is 1.97 bits per heavy atom. The number of hydrogen-bond donors (Lipinski definition) is 1. The predicted molar refractivity (Wildman–Crippen MR) is 120 cm³/mol. The van der Waals surface area contributed by atoms with Crippen LogP contribution in [0.15, 0.2) is 33.3 Å². The number of carbonyl (C=O) groups excluding carboxylic acids is 3. The first-order valence-electron chi connectivity index (χ1n) is 8.88. The van der Waals surface area contributed by atoms with Crippen LogP contribution in [0.1, 0.15) is 17.7 Å². The minimum Gasteiger partial charge on any atom is -0.354 e. The molecule has 30 heavy (non-hydrogen) atoms. The summed E-state index contributed by atoms with van der Waals surface area (Å²) in [4.78, 5) is 49.6. The van der Waals surface area contributed by atoms with E-state index in [1.165, 1.54) is 4.57 Å². The fourth-order valence-corrected chi connectivity index (χ4v) is 4.82. The second-order valence-electron chi connectivity index (χ2n) is 6.39. The van der Waals surface area contributed by atoms with Crippen LogP contribution in [0.4, 0.5) is 4.79 Å². The predicted octanol–water partition coefficient (Wildman–Crippen LogP) is 3.77. The Bertz CT molecular complexity index is 1090. The Balaban J connectivity index is 1.52. The number of thiazole rings is 1. The first kappa shape index (κ1) is 22.6. The lowest BCUT2D eigenvalue weighted by atomic mass is 10.2. The Labute approximate surface area is 190 Å². The van der Waals surface area contributed by atoms with Gasteiger partial charge in [0, 0.05) is 47.2 Å². The molecule has 3 amide bonds. The van der Waals surface area contributed by atoms with Crippen molar-refractivity contribution < 1.29 is 14.4 Å². The summed E-state index contributed by atoms with van der Waals surface area (Å²) in [7, 11) is 0. The molecule has 1 saturated heterocycles. The molecule has 158 valence electrons. The molecule has 0 aliphatic carbocycles. The summed E-state index contributed by atoms with van der Waals surface area (Å²) in [5.74, 6) is -0.700. The van der Waals surface area contributed by atoms with Gasteiger partial charge in [-0.2, -0.15) is 0 Å². The monoisotopic (exact) mass is 485 g/mol. The van der Waals surface area contributed by atoms with E-state index in [4.69, 9.17) is 23.2 Å². The van der Waals surface area contributed by atoms with Crippen LogP contribution in [0.5, 0.6) is 0 Å². The lowest BCUT2D eigenvalue weighted by Gasteiger charge is -2.13. The van der Waals surface area contributed by atoms with E-state index in [1.807, 2.05) is 0 Å². The quantitative estimate of drug-likeness (QED) is 0.602. The van der Waals surface area contributed by atoms with Gasteiger partial charge in [0.25, 0.3) is 11.1 Å². The average Bonchev–Trinajstić information content (AvgIpc) is 3.15. The van der Waals surface area contributed by atoms with Crippen molar-refractivity contribution in [1.29, 1.82) is 0 Å². The Kier molecular flexibility index (Phi) is 7.41. The minimum absolute atomic E-state index is 0.0551. The Morgan fingerprint density at radius 1 is 1.20 bits per heavy atom. The number of nitrogens with one attached hydrogen (secondary N) is 1. The van der Waals surface area contributed by atoms with E-state index in [0.717, 1.165) is 33.7 Å². The SMILES string of the molecule is Cc1csc(=O)n1CCC(=O)NCCN1C(=O)S/C(=C\c2ccc(Cl)cc2Cl)C1=O. The molecule has 0 spiro atoms. The topological polar surface area (TPSA) is 88.5 Å². The number of aryl methyl sites for hydroxylation is 1. The molecule has 7 nitrogen and oxygen atoms in total. The number of rotatable bonds is 7. The third kappa shape index (κ3) is 5.34. The van der Waals surface area contributed by atoms with Gasteiger partial charge in [-0.3, -0.25) is 24.1 Å². The van der Waals surface area contributed by atoms with Crippen LogP contribution in [0.2, 0.25) is 10.0 Å². The molecule has 0 atom stereocenters.